The first kappa shape index (κ1) is 12.5. The number of hydrogen-bond acceptors (Lipinski definition) is 3. The molecule has 0 atom stereocenters. The molecule has 0 bridgehead atoms. The van der Waals surface area contributed by atoms with E-state index in [0.29, 0.717) is 0 Å². The summed E-state index contributed by atoms with van der Waals surface area (Å²) in [6, 6.07) is 10.1. The Hall–Kier alpha value is -2.56. The summed E-state index contributed by atoms with van der Waals surface area (Å²) in [4.78, 5) is 0. The molecule has 5 heteroatoms. The Kier molecular flexibility index (Phi) is 3.25. The second-order valence-electron chi connectivity index (χ2n) is 4.76. The minimum absolute atomic E-state index is 0.779. The van der Waals surface area contributed by atoms with Crippen LogP contribution in [0.25, 0.3) is 5.69 Å². The third-order valence-corrected chi connectivity index (χ3v) is 3.23. The number of hydrogen-bond donors (Lipinski definition) is 1. The number of rotatable bonds is 4. The molecule has 102 valence electrons. The summed E-state index contributed by atoms with van der Waals surface area (Å²) in [6.07, 6.45) is 5.75. The molecular weight excluding hydrogens is 250 g/mol. The van der Waals surface area contributed by atoms with Crippen LogP contribution in [0.5, 0.6) is 0 Å². The second-order valence-corrected chi connectivity index (χ2v) is 4.76. The molecule has 2 aromatic heterocycles. The normalized spacial score (nSPS) is 10.7. The first-order valence-corrected chi connectivity index (χ1v) is 6.55. The maximum Gasteiger partial charge on any atom is 0.0647 e. The molecular formula is C15H17N5. The van der Waals surface area contributed by atoms with E-state index in [1.54, 1.807) is 6.20 Å². The van der Waals surface area contributed by atoms with E-state index in [2.05, 4.69) is 27.6 Å². The van der Waals surface area contributed by atoms with Gasteiger partial charge in [0.15, 0.2) is 0 Å². The lowest BCUT2D eigenvalue weighted by atomic mass is 10.2. The Morgan fingerprint density at radius 3 is 2.60 bits per heavy atom. The van der Waals surface area contributed by atoms with Gasteiger partial charge in [-0.1, -0.05) is 0 Å². The summed E-state index contributed by atoms with van der Waals surface area (Å²) < 4.78 is 3.68. The summed E-state index contributed by atoms with van der Waals surface area (Å²) >= 11 is 0. The van der Waals surface area contributed by atoms with Crippen LogP contribution in [0.3, 0.4) is 0 Å². The Labute approximate surface area is 117 Å². The minimum atomic E-state index is 0.779. The van der Waals surface area contributed by atoms with Gasteiger partial charge in [0.05, 0.1) is 11.4 Å². The SMILES string of the molecule is Cc1nn(C)cc1CNc1ccc(-n2cccn2)cc1. The van der Waals surface area contributed by atoms with Crippen LogP contribution in [0.2, 0.25) is 0 Å². The molecule has 0 saturated heterocycles. The van der Waals surface area contributed by atoms with Crippen LogP contribution in [-0.2, 0) is 13.6 Å². The van der Waals surface area contributed by atoms with Crippen LogP contribution in [0.15, 0.2) is 48.9 Å². The van der Waals surface area contributed by atoms with E-state index in [1.807, 2.05) is 53.9 Å². The number of aromatic nitrogens is 4. The van der Waals surface area contributed by atoms with Crippen molar-refractivity contribution < 1.29 is 0 Å². The van der Waals surface area contributed by atoms with E-state index in [9.17, 15) is 0 Å². The average Bonchev–Trinajstić information content (AvgIpc) is 3.07. The quantitative estimate of drug-likeness (QED) is 0.790. The molecule has 3 aromatic rings. The molecule has 2 heterocycles. The highest BCUT2D eigenvalue weighted by molar-refractivity contribution is 5.48. The standard InChI is InChI=1S/C15H17N5/c1-12-13(11-19(2)18-12)10-16-14-4-6-15(7-5-14)20-9-3-8-17-20/h3-9,11,16H,10H2,1-2H3. The largest absolute Gasteiger partial charge is 0.381 e. The molecule has 0 amide bonds. The van der Waals surface area contributed by atoms with Gasteiger partial charge in [-0.2, -0.15) is 10.2 Å². The fraction of sp³-hybridized carbons (Fsp3) is 0.200. The van der Waals surface area contributed by atoms with Crippen molar-refractivity contribution in [3.8, 4) is 5.69 Å². The zero-order chi connectivity index (χ0) is 13.9. The lowest BCUT2D eigenvalue weighted by molar-refractivity contribution is 0.756. The van der Waals surface area contributed by atoms with Gasteiger partial charge in [-0.3, -0.25) is 4.68 Å². The maximum atomic E-state index is 4.34. The molecule has 1 aromatic carbocycles. The van der Waals surface area contributed by atoms with Crippen LogP contribution in [-0.4, -0.2) is 19.6 Å². The number of anilines is 1. The van der Waals surface area contributed by atoms with E-state index in [1.165, 1.54) is 5.56 Å². The van der Waals surface area contributed by atoms with Crippen molar-refractivity contribution in [2.45, 2.75) is 13.5 Å². The van der Waals surface area contributed by atoms with Crippen molar-refractivity contribution in [2.75, 3.05) is 5.32 Å². The molecule has 0 saturated carbocycles. The summed E-state index contributed by atoms with van der Waals surface area (Å²) in [6.45, 7) is 2.80. The van der Waals surface area contributed by atoms with Crippen LogP contribution in [0, 0.1) is 6.92 Å². The third-order valence-electron chi connectivity index (χ3n) is 3.23. The Morgan fingerprint density at radius 1 is 1.20 bits per heavy atom. The van der Waals surface area contributed by atoms with Gasteiger partial charge >= 0.3 is 0 Å². The molecule has 0 fully saturated rings. The van der Waals surface area contributed by atoms with Crippen molar-refractivity contribution in [3.05, 3.63) is 60.2 Å². The van der Waals surface area contributed by atoms with E-state index < -0.39 is 0 Å². The van der Waals surface area contributed by atoms with Gasteiger partial charge in [-0.15, -0.1) is 0 Å². The molecule has 0 radical (unpaired) electrons. The maximum absolute atomic E-state index is 4.34. The Bertz CT molecular complexity index is 680. The molecule has 0 aliphatic carbocycles. The van der Waals surface area contributed by atoms with Crippen molar-refractivity contribution in [1.82, 2.24) is 19.6 Å². The van der Waals surface area contributed by atoms with Crippen molar-refractivity contribution in [2.24, 2.45) is 7.05 Å². The van der Waals surface area contributed by atoms with Gasteiger partial charge < -0.3 is 5.32 Å². The molecule has 0 aliphatic heterocycles. The monoisotopic (exact) mass is 267 g/mol. The first-order chi connectivity index (χ1) is 9.72. The van der Waals surface area contributed by atoms with Gasteiger partial charge in [-0.25, -0.2) is 4.68 Å². The summed E-state index contributed by atoms with van der Waals surface area (Å²) in [5.41, 5.74) is 4.42. The highest BCUT2D eigenvalue weighted by Crippen LogP contribution is 2.14. The molecule has 5 nitrogen and oxygen atoms in total. The van der Waals surface area contributed by atoms with E-state index >= 15 is 0 Å². The summed E-state index contributed by atoms with van der Waals surface area (Å²) in [5.74, 6) is 0. The zero-order valence-electron chi connectivity index (χ0n) is 11.6. The summed E-state index contributed by atoms with van der Waals surface area (Å²) in [7, 11) is 1.94. The van der Waals surface area contributed by atoms with Crippen molar-refractivity contribution >= 4 is 5.69 Å². The fourth-order valence-corrected chi connectivity index (χ4v) is 2.17. The highest BCUT2D eigenvalue weighted by atomic mass is 15.3. The Balaban J connectivity index is 1.68. The first-order valence-electron chi connectivity index (χ1n) is 6.55. The van der Waals surface area contributed by atoms with Crippen LogP contribution in [0.4, 0.5) is 5.69 Å². The number of nitrogens with one attached hydrogen (secondary N) is 1. The highest BCUT2D eigenvalue weighted by Gasteiger charge is 2.03. The van der Waals surface area contributed by atoms with Crippen molar-refractivity contribution in [3.63, 3.8) is 0 Å². The summed E-state index contributed by atoms with van der Waals surface area (Å²) in [5, 5.41) is 12.0. The average molecular weight is 267 g/mol. The molecule has 20 heavy (non-hydrogen) atoms. The minimum Gasteiger partial charge on any atom is -0.381 e. The zero-order valence-corrected chi connectivity index (χ0v) is 11.6. The van der Waals surface area contributed by atoms with E-state index in [4.69, 9.17) is 0 Å². The third kappa shape index (κ3) is 2.56. The lowest BCUT2D eigenvalue weighted by Gasteiger charge is -2.07. The molecule has 0 unspecified atom stereocenters. The molecule has 0 aliphatic rings. The predicted octanol–water partition coefficient (Wildman–Crippen LogP) is 2.53. The lowest BCUT2D eigenvalue weighted by Crippen LogP contribution is -2.00. The van der Waals surface area contributed by atoms with Gasteiger partial charge in [0.2, 0.25) is 0 Å². The topological polar surface area (TPSA) is 47.7 Å². The Morgan fingerprint density at radius 2 is 2.00 bits per heavy atom. The van der Waals surface area contributed by atoms with Crippen LogP contribution >= 0.6 is 0 Å². The number of aryl methyl sites for hydroxylation is 2. The van der Waals surface area contributed by atoms with Gasteiger partial charge in [0.25, 0.3) is 0 Å². The van der Waals surface area contributed by atoms with Gasteiger partial charge in [-0.05, 0) is 37.3 Å². The second kappa shape index (κ2) is 5.21. The molecule has 3 rings (SSSR count). The van der Waals surface area contributed by atoms with Gasteiger partial charge in [0.1, 0.15) is 0 Å². The van der Waals surface area contributed by atoms with Crippen molar-refractivity contribution in [1.29, 1.82) is 0 Å². The molecule has 0 spiro atoms. The van der Waals surface area contributed by atoms with E-state index in [-0.39, 0.29) is 0 Å². The smallest absolute Gasteiger partial charge is 0.0647 e. The number of nitrogens with zero attached hydrogens (tertiary/aromatic N) is 4. The van der Waals surface area contributed by atoms with Crippen LogP contribution < -0.4 is 5.32 Å². The van der Waals surface area contributed by atoms with Crippen LogP contribution in [0.1, 0.15) is 11.3 Å². The predicted molar refractivity (Wildman–Crippen MR) is 78.8 cm³/mol. The van der Waals surface area contributed by atoms with Gasteiger partial charge in [0, 0.05) is 43.4 Å². The number of benzene rings is 1. The fourth-order valence-electron chi connectivity index (χ4n) is 2.17. The molecule has 1 N–H and O–H groups in total. The van der Waals surface area contributed by atoms with E-state index in [0.717, 1.165) is 23.6 Å².